The van der Waals surface area contributed by atoms with Gasteiger partial charge in [0.2, 0.25) is 0 Å². The highest BCUT2D eigenvalue weighted by Crippen LogP contribution is 2.10. The lowest BCUT2D eigenvalue weighted by Gasteiger charge is -2.11. The topological polar surface area (TPSA) is 9.23 Å². The minimum absolute atomic E-state index is 0.690. The van der Waals surface area contributed by atoms with Crippen molar-refractivity contribution in [3.63, 3.8) is 0 Å². The second-order valence-corrected chi connectivity index (χ2v) is 4.60. The minimum Gasteiger partial charge on any atom is -0.376 e. The Bertz CT molecular complexity index is 255. The molecule has 0 saturated carbocycles. The van der Waals surface area contributed by atoms with E-state index in [1.54, 1.807) is 0 Å². The molecule has 1 aromatic carbocycles. The molecule has 0 aliphatic rings. The first-order valence-electron chi connectivity index (χ1n) is 6.44. The van der Waals surface area contributed by atoms with Crippen LogP contribution in [0.15, 0.2) is 30.3 Å². The Labute approximate surface area is 99.8 Å². The Morgan fingerprint density at radius 2 is 1.88 bits per heavy atom. The van der Waals surface area contributed by atoms with Crippen LogP contribution in [0.4, 0.5) is 0 Å². The van der Waals surface area contributed by atoms with E-state index in [1.807, 2.05) is 6.07 Å². The van der Waals surface area contributed by atoms with Crippen LogP contribution in [-0.4, -0.2) is 6.61 Å². The highest BCUT2D eigenvalue weighted by molar-refractivity contribution is 5.13. The van der Waals surface area contributed by atoms with E-state index in [2.05, 4.69) is 38.1 Å². The van der Waals surface area contributed by atoms with E-state index in [1.165, 1.54) is 31.2 Å². The van der Waals surface area contributed by atoms with Crippen LogP contribution in [0.1, 0.15) is 45.1 Å². The molecule has 0 saturated heterocycles. The van der Waals surface area contributed by atoms with E-state index < -0.39 is 0 Å². The molecule has 16 heavy (non-hydrogen) atoms. The van der Waals surface area contributed by atoms with E-state index >= 15 is 0 Å². The standard InChI is InChI=1S/C15H24O/c1-3-4-6-9-14(2)12-16-13-15-10-7-5-8-11-15/h5,7-8,10-11,14H,3-4,6,9,12-13H2,1-2H3/t14-/m1/s1. The van der Waals surface area contributed by atoms with Crippen molar-refractivity contribution in [1.29, 1.82) is 0 Å². The van der Waals surface area contributed by atoms with Crippen molar-refractivity contribution in [2.45, 2.75) is 46.1 Å². The van der Waals surface area contributed by atoms with Crippen LogP contribution in [0, 0.1) is 5.92 Å². The second-order valence-electron chi connectivity index (χ2n) is 4.60. The van der Waals surface area contributed by atoms with Gasteiger partial charge >= 0.3 is 0 Å². The van der Waals surface area contributed by atoms with Crippen molar-refractivity contribution in [3.05, 3.63) is 35.9 Å². The Balaban J connectivity index is 2.06. The second kappa shape index (κ2) is 8.35. The molecule has 1 aromatic rings. The van der Waals surface area contributed by atoms with Gasteiger partial charge in [-0.3, -0.25) is 0 Å². The highest BCUT2D eigenvalue weighted by atomic mass is 16.5. The summed E-state index contributed by atoms with van der Waals surface area (Å²) in [5, 5.41) is 0. The van der Waals surface area contributed by atoms with E-state index in [-0.39, 0.29) is 0 Å². The Morgan fingerprint density at radius 3 is 2.56 bits per heavy atom. The predicted molar refractivity (Wildman–Crippen MR) is 69.4 cm³/mol. The summed E-state index contributed by atoms with van der Waals surface area (Å²) in [6, 6.07) is 10.4. The fourth-order valence-corrected chi connectivity index (χ4v) is 1.78. The van der Waals surface area contributed by atoms with Crippen molar-refractivity contribution in [2.75, 3.05) is 6.61 Å². The van der Waals surface area contributed by atoms with Crippen molar-refractivity contribution in [3.8, 4) is 0 Å². The first-order chi connectivity index (χ1) is 7.83. The summed E-state index contributed by atoms with van der Waals surface area (Å²) in [6.45, 7) is 6.16. The molecule has 1 nitrogen and oxygen atoms in total. The van der Waals surface area contributed by atoms with Gasteiger partial charge in [-0.05, 0) is 17.9 Å². The fourth-order valence-electron chi connectivity index (χ4n) is 1.78. The molecule has 1 rings (SSSR count). The maximum absolute atomic E-state index is 5.71. The number of hydrogen-bond acceptors (Lipinski definition) is 1. The van der Waals surface area contributed by atoms with E-state index in [0.717, 1.165) is 13.2 Å². The predicted octanol–water partition coefficient (Wildman–Crippen LogP) is 4.42. The molecule has 0 bridgehead atoms. The zero-order valence-corrected chi connectivity index (χ0v) is 10.6. The normalized spacial score (nSPS) is 12.6. The van der Waals surface area contributed by atoms with E-state index in [9.17, 15) is 0 Å². The summed E-state index contributed by atoms with van der Waals surface area (Å²) < 4.78 is 5.71. The third-order valence-electron chi connectivity index (χ3n) is 2.81. The van der Waals surface area contributed by atoms with Crippen molar-refractivity contribution < 1.29 is 4.74 Å². The molecule has 0 heterocycles. The largest absolute Gasteiger partial charge is 0.376 e. The Hall–Kier alpha value is -0.820. The van der Waals surface area contributed by atoms with Gasteiger partial charge in [0, 0.05) is 6.61 Å². The van der Waals surface area contributed by atoms with Gasteiger partial charge in [-0.15, -0.1) is 0 Å². The summed E-state index contributed by atoms with van der Waals surface area (Å²) in [4.78, 5) is 0. The first-order valence-corrected chi connectivity index (χ1v) is 6.44. The van der Waals surface area contributed by atoms with Gasteiger partial charge in [0.05, 0.1) is 6.61 Å². The SMILES string of the molecule is CCCCC[C@@H](C)COCc1ccccc1. The third-order valence-corrected chi connectivity index (χ3v) is 2.81. The lowest BCUT2D eigenvalue weighted by molar-refractivity contribution is 0.0887. The summed E-state index contributed by atoms with van der Waals surface area (Å²) in [7, 11) is 0. The smallest absolute Gasteiger partial charge is 0.0717 e. The molecule has 0 N–H and O–H groups in total. The van der Waals surface area contributed by atoms with E-state index in [4.69, 9.17) is 4.74 Å². The van der Waals surface area contributed by atoms with Gasteiger partial charge in [0.15, 0.2) is 0 Å². The maximum Gasteiger partial charge on any atom is 0.0717 e. The lowest BCUT2D eigenvalue weighted by atomic mass is 10.0. The average molecular weight is 220 g/mol. The van der Waals surface area contributed by atoms with Crippen LogP contribution in [-0.2, 0) is 11.3 Å². The summed E-state index contributed by atoms with van der Waals surface area (Å²) >= 11 is 0. The summed E-state index contributed by atoms with van der Waals surface area (Å²) in [5.74, 6) is 0.690. The van der Waals surface area contributed by atoms with Gasteiger partial charge in [-0.2, -0.15) is 0 Å². The molecular weight excluding hydrogens is 196 g/mol. The molecule has 0 aliphatic heterocycles. The molecule has 0 amide bonds. The monoisotopic (exact) mass is 220 g/mol. The molecule has 1 heteroatoms. The van der Waals surface area contributed by atoms with Crippen LogP contribution >= 0.6 is 0 Å². The van der Waals surface area contributed by atoms with E-state index in [0.29, 0.717) is 5.92 Å². The van der Waals surface area contributed by atoms with Crippen molar-refractivity contribution in [1.82, 2.24) is 0 Å². The molecular formula is C15H24O. The number of rotatable bonds is 8. The van der Waals surface area contributed by atoms with Gasteiger partial charge in [0.25, 0.3) is 0 Å². The van der Waals surface area contributed by atoms with Crippen LogP contribution in [0.25, 0.3) is 0 Å². The van der Waals surface area contributed by atoms with Gasteiger partial charge < -0.3 is 4.74 Å². The Morgan fingerprint density at radius 1 is 1.12 bits per heavy atom. The van der Waals surface area contributed by atoms with Crippen molar-refractivity contribution >= 4 is 0 Å². The number of ether oxygens (including phenoxy) is 1. The number of hydrogen-bond donors (Lipinski definition) is 0. The van der Waals surface area contributed by atoms with Gasteiger partial charge in [-0.1, -0.05) is 63.4 Å². The Kier molecular flexibility index (Phi) is 6.91. The zero-order chi connectivity index (χ0) is 11.6. The quantitative estimate of drug-likeness (QED) is 0.589. The molecule has 0 unspecified atom stereocenters. The van der Waals surface area contributed by atoms with Crippen LogP contribution < -0.4 is 0 Å². The van der Waals surface area contributed by atoms with Crippen LogP contribution in [0.3, 0.4) is 0 Å². The number of unbranched alkanes of at least 4 members (excludes halogenated alkanes) is 2. The minimum atomic E-state index is 0.690. The summed E-state index contributed by atoms with van der Waals surface area (Å²) in [5.41, 5.74) is 1.27. The number of benzene rings is 1. The van der Waals surface area contributed by atoms with Crippen LogP contribution in [0.5, 0.6) is 0 Å². The fraction of sp³-hybridized carbons (Fsp3) is 0.600. The molecule has 0 aromatic heterocycles. The van der Waals surface area contributed by atoms with Gasteiger partial charge in [-0.25, -0.2) is 0 Å². The maximum atomic E-state index is 5.71. The van der Waals surface area contributed by atoms with Gasteiger partial charge in [0.1, 0.15) is 0 Å². The molecule has 1 atom stereocenters. The third kappa shape index (κ3) is 5.92. The average Bonchev–Trinajstić information content (AvgIpc) is 2.31. The van der Waals surface area contributed by atoms with Crippen LogP contribution in [0.2, 0.25) is 0 Å². The molecule has 0 fully saturated rings. The lowest BCUT2D eigenvalue weighted by Crippen LogP contribution is -2.05. The van der Waals surface area contributed by atoms with Crippen molar-refractivity contribution in [2.24, 2.45) is 5.92 Å². The summed E-state index contributed by atoms with van der Waals surface area (Å²) in [6.07, 6.45) is 5.29. The first kappa shape index (κ1) is 13.2. The zero-order valence-electron chi connectivity index (χ0n) is 10.6. The molecule has 0 spiro atoms. The molecule has 0 radical (unpaired) electrons. The molecule has 0 aliphatic carbocycles. The molecule has 90 valence electrons. The highest BCUT2D eigenvalue weighted by Gasteiger charge is 2.01.